The summed E-state index contributed by atoms with van der Waals surface area (Å²) in [5.41, 5.74) is -2.66. The van der Waals surface area contributed by atoms with Gasteiger partial charge in [0.15, 0.2) is 6.10 Å². The highest BCUT2D eigenvalue weighted by Crippen LogP contribution is 2.74. The summed E-state index contributed by atoms with van der Waals surface area (Å²) < 4.78 is 29.7. The monoisotopic (exact) mass is 452 g/mol. The number of hydrogen-bond donors (Lipinski definition) is 0. The van der Waals surface area contributed by atoms with Crippen molar-refractivity contribution in [2.45, 2.75) is 70.1 Å². The van der Waals surface area contributed by atoms with Crippen LogP contribution in [0.5, 0.6) is 0 Å². The third kappa shape index (κ3) is 2.24. The van der Waals surface area contributed by atoms with E-state index in [1.807, 2.05) is 26.0 Å². The van der Waals surface area contributed by atoms with Crippen molar-refractivity contribution in [3.05, 3.63) is 60.8 Å². The molecule has 0 aromatic carbocycles. The molecular formula is C26H28O7. The van der Waals surface area contributed by atoms with E-state index in [2.05, 4.69) is 32.6 Å². The van der Waals surface area contributed by atoms with Gasteiger partial charge in [0.05, 0.1) is 23.4 Å². The number of rotatable bonds is 2. The molecule has 7 heteroatoms. The molecule has 0 bridgehead atoms. The van der Waals surface area contributed by atoms with Gasteiger partial charge in [0.2, 0.25) is 0 Å². The molecular weight excluding hydrogens is 424 g/mol. The lowest BCUT2D eigenvalue weighted by atomic mass is 9.51. The molecule has 174 valence electrons. The van der Waals surface area contributed by atoms with Crippen molar-refractivity contribution in [2.75, 3.05) is 0 Å². The average Bonchev–Trinajstić information content (AvgIpc) is 3.13. The second-order valence-corrected chi connectivity index (χ2v) is 10.9. The predicted molar refractivity (Wildman–Crippen MR) is 115 cm³/mol. The van der Waals surface area contributed by atoms with Crippen molar-refractivity contribution in [1.82, 2.24) is 0 Å². The maximum Gasteiger partial charge on any atom is 0.339 e. The van der Waals surface area contributed by atoms with E-state index in [0.29, 0.717) is 18.6 Å². The lowest BCUT2D eigenvalue weighted by molar-refractivity contribution is -0.176. The largest absolute Gasteiger partial charge is 0.493 e. The molecule has 0 N–H and O–H groups in total. The zero-order valence-electron chi connectivity index (χ0n) is 19.3. The van der Waals surface area contributed by atoms with Gasteiger partial charge in [0.1, 0.15) is 29.2 Å². The first-order valence-corrected chi connectivity index (χ1v) is 11.4. The van der Waals surface area contributed by atoms with Crippen LogP contribution in [0.3, 0.4) is 0 Å². The summed E-state index contributed by atoms with van der Waals surface area (Å²) in [6.07, 6.45) is 10.5. The Hall–Kier alpha value is -2.80. The smallest absolute Gasteiger partial charge is 0.339 e. The summed E-state index contributed by atoms with van der Waals surface area (Å²) in [5, 5.41) is 0. The molecule has 5 aliphatic rings. The lowest BCUT2D eigenvalue weighted by Crippen LogP contribution is -2.62. The van der Waals surface area contributed by atoms with Gasteiger partial charge in [-0.3, -0.25) is 0 Å². The Bertz CT molecular complexity index is 1130. The SMILES string of the molecule is C=C1OC(C2(C)C=CCC3(C)C(c4ccoc4)OC(=O)C4OC423)CC12C=CC(=O)OC2(C)C. The van der Waals surface area contributed by atoms with Crippen LogP contribution in [0.2, 0.25) is 0 Å². The Morgan fingerprint density at radius 1 is 1.06 bits per heavy atom. The van der Waals surface area contributed by atoms with E-state index in [9.17, 15) is 9.59 Å². The van der Waals surface area contributed by atoms with Gasteiger partial charge >= 0.3 is 11.9 Å². The zero-order valence-corrected chi connectivity index (χ0v) is 19.3. The molecule has 7 nitrogen and oxygen atoms in total. The number of esters is 2. The minimum Gasteiger partial charge on any atom is -0.493 e. The summed E-state index contributed by atoms with van der Waals surface area (Å²) in [6.45, 7) is 12.2. The first kappa shape index (κ1) is 20.8. The van der Waals surface area contributed by atoms with Gasteiger partial charge in [-0.05, 0) is 33.3 Å². The predicted octanol–water partition coefficient (Wildman–Crippen LogP) is 4.17. The Kier molecular flexibility index (Phi) is 3.78. The van der Waals surface area contributed by atoms with Crippen molar-refractivity contribution in [1.29, 1.82) is 0 Å². The number of carbonyl (C=O) groups is 2. The third-order valence-electron chi connectivity index (χ3n) is 9.04. The molecule has 0 saturated carbocycles. The third-order valence-corrected chi connectivity index (χ3v) is 9.04. The summed E-state index contributed by atoms with van der Waals surface area (Å²) in [7, 11) is 0. The van der Waals surface area contributed by atoms with Gasteiger partial charge in [-0.15, -0.1) is 0 Å². The van der Waals surface area contributed by atoms with Crippen LogP contribution in [-0.2, 0) is 28.5 Å². The molecule has 6 rings (SSSR count). The number of carbonyl (C=O) groups excluding carboxylic acids is 2. The van der Waals surface area contributed by atoms with Gasteiger partial charge < -0.3 is 23.4 Å². The fraction of sp³-hybridized carbons (Fsp3) is 0.538. The standard InChI is InChI=1S/C26H28O7/c1-15-25(11-7-18(27)32-22(25,2)3)13-17(30-15)23(4)9-6-10-24(5)19(16-8-12-29-14-16)31-21(28)20-26(23,24)33-20/h6-9,11-12,14,17,19-20H,1,10,13H2,2-5H3. The molecule has 33 heavy (non-hydrogen) atoms. The number of ether oxygens (including phenoxy) is 4. The molecule has 3 saturated heterocycles. The first-order chi connectivity index (χ1) is 15.5. The molecule has 7 unspecified atom stereocenters. The second kappa shape index (κ2) is 6.00. The molecule has 4 aliphatic heterocycles. The number of allylic oxidation sites excluding steroid dienone is 1. The summed E-state index contributed by atoms with van der Waals surface area (Å²) in [5.74, 6) is -0.180. The topological polar surface area (TPSA) is 87.5 Å². The highest BCUT2D eigenvalue weighted by molar-refractivity contribution is 5.84. The summed E-state index contributed by atoms with van der Waals surface area (Å²) in [6, 6.07) is 1.84. The van der Waals surface area contributed by atoms with E-state index in [4.69, 9.17) is 23.4 Å². The van der Waals surface area contributed by atoms with Crippen molar-refractivity contribution in [2.24, 2.45) is 16.2 Å². The quantitative estimate of drug-likeness (QED) is 0.378. The van der Waals surface area contributed by atoms with E-state index >= 15 is 0 Å². The van der Waals surface area contributed by atoms with Crippen LogP contribution < -0.4 is 0 Å². The fourth-order valence-corrected chi connectivity index (χ4v) is 7.05. The van der Waals surface area contributed by atoms with E-state index in [1.54, 1.807) is 12.5 Å². The number of epoxide rings is 1. The van der Waals surface area contributed by atoms with Crippen molar-refractivity contribution in [3.8, 4) is 0 Å². The van der Waals surface area contributed by atoms with Crippen LogP contribution in [0.25, 0.3) is 0 Å². The lowest BCUT2D eigenvalue weighted by Gasteiger charge is -2.54. The van der Waals surface area contributed by atoms with E-state index in [-0.39, 0.29) is 18.0 Å². The van der Waals surface area contributed by atoms with Gasteiger partial charge in [-0.1, -0.05) is 31.7 Å². The van der Waals surface area contributed by atoms with Crippen LogP contribution in [-0.4, -0.2) is 35.3 Å². The van der Waals surface area contributed by atoms with Crippen molar-refractivity contribution < 1.29 is 33.0 Å². The van der Waals surface area contributed by atoms with E-state index < -0.39 is 39.7 Å². The van der Waals surface area contributed by atoms with Gasteiger partial charge in [-0.25, -0.2) is 9.59 Å². The second-order valence-electron chi connectivity index (χ2n) is 10.9. The highest BCUT2D eigenvalue weighted by Gasteiger charge is 2.84. The molecule has 5 heterocycles. The minimum absolute atomic E-state index is 0.345. The number of cyclic esters (lactones) is 2. The number of hydrogen-bond acceptors (Lipinski definition) is 7. The molecule has 0 amide bonds. The van der Waals surface area contributed by atoms with Crippen LogP contribution in [0.15, 0.2) is 59.7 Å². The molecule has 2 spiro atoms. The Balaban J connectivity index is 1.44. The van der Waals surface area contributed by atoms with Gasteiger partial charge in [-0.2, -0.15) is 0 Å². The van der Waals surface area contributed by atoms with Crippen molar-refractivity contribution in [3.63, 3.8) is 0 Å². The summed E-state index contributed by atoms with van der Waals surface area (Å²) >= 11 is 0. The molecule has 1 aromatic heterocycles. The first-order valence-electron chi connectivity index (χ1n) is 11.4. The average molecular weight is 453 g/mol. The van der Waals surface area contributed by atoms with Gasteiger partial charge in [0.25, 0.3) is 0 Å². The van der Waals surface area contributed by atoms with Crippen molar-refractivity contribution >= 4 is 11.9 Å². The molecule has 0 radical (unpaired) electrons. The summed E-state index contributed by atoms with van der Waals surface area (Å²) in [4.78, 5) is 25.0. The van der Waals surface area contributed by atoms with Crippen LogP contribution in [0.1, 0.15) is 52.2 Å². The van der Waals surface area contributed by atoms with E-state index in [1.165, 1.54) is 6.08 Å². The number of furan rings is 1. The van der Waals surface area contributed by atoms with Crippen LogP contribution in [0.4, 0.5) is 0 Å². The van der Waals surface area contributed by atoms with Crippen LogP contribution >= 0.6 is 0 Å². The zero-order chi connectivity index (χ0) is 23.4. The Morgan fingerprint density at radius 3 is 2.55 bits per heavy atom. The molecule has 7 atom stereocenters. The highest BCUT2D eigenvalue weighted by atomic mass is 16.7. The van der Waals surface area contributed by atoms with E-state index in [0.717, 1.165) is 5.56 Å². The molecule has 1 aliphatic carbocycles. The maximum absolute atomic E-state index is 13.0. The maximum atomic E-state index is 13.0. The van der Waals surface area contributed by atoms with Crippen LogP contribution in [0, 0.1) is 16.2 Å². The normalized spacial score (nSPS) is 46.9. The molecule has 3 fully saturated rings. The van der Waals surface area contributed by atoms with Gasteiger partial charge in [0, 0.05) is 23.5 Å². The Morgan fingerprint density at radius 2 is 1.85 bits per heavy atom. The Labute approximate surface area is 192 Å². The minimum atomic E-state index is -0.824. The fourth-order valence-electron chi connectivity index (χ4n) is 7.05. The molecule has 1 aromatic rings.